The fourth-order valence-electron chi connectivity index (χ4n) is 2.41. The van der Waals surface area contributed by atoms with Gasteiger partial charge in [-0.2, -0.15) is 5.10 Å². The SMILES string of the molecule is O=C(N/N=C/c1cccnc1)C1CC(=O)N(Cc2ccco2)C1. The van der Waals surface area contributed by atoms with Gasteiger partial charge in [-0.15, -0.1) is 0 Å². The van der Waals surface area contributed by atoms with Crippen LogP contribution in [0.3, 0.4) is 0 Å². The second-order valence-electron chi connectivity index (χ2n) is 5.28. The second kappa shape index (κ2) is 6.87. The third kappa shape index (κ3) is 3.82. The number of furan rings is 1. The van der Waals surface area contributed by atoms with E-state index in [4.69, 9.17) is 4.42 Å². The van der Waals surface area contributed by atoms with Crippen molar-refractivity contribution in [3.05, 3.63) is 54.2 Å². The lowest BCUT2D eigenvalue weighted by Crippen LogP contribution is -2.30. The molecule has 1 aliphatic rings. The Morgan fingerprint density at radius 2 is 2.39 bits per heavy atom. The van der Waals surface area contributed by atoms with Gasteiger partial charge in [0.05, 0.1) is 24.9 Å². The number of likely N-dealkylation sites (tertiary alicyclic amines) is 1. The van der Waals surface area contributed by atoms with E-state index in [-0.39, 0.29) is 18.2 Å². The van der Waals surface area contributed by atoms with Crippen molar-refractivity contribution in [3.8, 4) is 0 Å². The van der Waals surface area contributed by atoms with E-state index in [9.17, 15) is 9.59 Å². The Morgan fingerprint density at radius 1 is 1.48 bits per heavy atom. The van der Waals surface area contributed by atoms with Crippen LogP contribution in [0.4, 0.5) is 0 Å². The molecule has 0 bridgehead atoms. The number of amides is 2. The van der Waals surface area contributed by atoms with Crippen LogP contribution in [0.15, 0.2) is 52.4 Å². The number of aromatic nitrogens is 1. The summed E-state index contributed by atoms with van der Waals surface area (Å²) in [5.41, 5.74) is 3.26. The Bertz CT molecular complexity index is 697. The largest absolute Gasteiger partial charge is 0.467 e. The summed E-state index contributed by atoms with van der Waals surface area (Å²) in [6.07, 6.45) is 6.57. The van der Waals surface area contributed by atoms with Gasteiger partial charge in [0.1, 0.15) is 5.76 Å². The molecule has 1 aliphatic heterocycles. The zero-order chi connectivity index (χ0) is 16.1. The highest BCUT2D eigenvalue weighted by Gasteiger charge is 2.34. The van der Waals surface area contributed by atoms with Gasteiger partial charge in [0.15, 0.2) is 0 Å². The first-order valence-corrected chi connectivity index (χ1v) is 7.25. The molecule has 1 saturated heterocycles. The van der Waals surface area contributed by atoms with Gasteiger partial charge in [-0.1, -0.05) is 6.07 Å². The van der Waals surface area contributed by atoms with Crippen LogP contribution >= 0.6 is 0 Å². The number of carbonyl (C=O) groups is 2. The first-order valence-electron chi connectivity index (χ1n) is 7.25. The summed E-state index contributed by atoms with van der Waals surface area (Å²) < 4.78 is 5.23. The van der Waals surface area contributed by atoms with Crippen LogP contribution in [-0.4, -0.2) is 34.5 Å². The van der Waals surface area contributed by atoms with Gasteiger partial charge in [0, 0.05) is 30.9 Å². The molecule has 1 fully saturated rings. The number of nitrogens with zero attached hydrogens (tertiary/aromatic N) is 3. The third-order valence-corrected chi connectivity index (χ3v) is 3.58. The van der Waals surface area contributed by atoms with E-state index in [0.717, 1.165) is 5.56 Å². The number of rotatable bonds is 5. The van der Waals surface area contributed by atoms with Gasteiger partial charge in [-0.05, 0) is 18.2 Å². The predicted molar refractivity (Wildman–Crippen MR) is 82.2 cm³/mol. The standard InChI is InChI=1S/C16H16N4O3/c21-15-7-13(10-20(15)11-14-4-2-6-23-14)16(22)19-18-9-12-3-1-5-17-8-12/h1-6,8-9,13H,7,10-11H2,(H,19,22)/b18-9+. The van der Waals surface area contributed by atoms with E-state index >= 15 is 0 Å². The lowest BCUT2D eigenvalue weighted by Gasteiger charge is -2.14. The van der Waals surface area contributed by atoms with Crippen molar-refractivity contribution in [3.63, 3.8) is 0 Å². The van der Waals surface area contributed by atoms with Gasteiger partial charge in [0.25, 0.3) is 0 Å². The van der Waals surface area contributed by atoms with Crippen LogP contribution in [-0.2, 0) is 16.1 Å². The molecule has 0 spiro atoms. The minimum atomic E-state index is -0.400. The third-order valence-electron chi connectivity index (χ3n) is 3.58. The molecule has 0 aliphatic carbocycles. The van der Waals surface area contributed by atoms with E-state index in [0.29, 0.717) is 18.8 Å². The van der Waals surface area contributed by atoms with Gasteiger partial charge in [-0.3, -0.25) is 14.6 Å². The van der Waals surface area contributed by atoms with E-state index in [1.165, 1.54) is 6.21 Å². The zero-order valence-corrected chi connectivity index (χ0v) is 12.4. The van der Waals surface area contributed by atoms with Gasteiger partial charge in [0.2, 0.25) is 11.8 Å². The van der Waals surface area contributed by atoms with Gasteiger partial charge < -0.3 is 9.32 Å². The van der Waals surface area contributed by atoms with Crippen molar-refractivity contribution in [2.24, 2.45) is 11.0 Å². The van der Waals surface area contributed by atoms with Crippen LogP contribution < -0.4 is 5.43 Å². The topological polar surface area (TPSA) is 87.8 Å². The van der Waals surface area contributed by atoms with Crippen molar-refractivity contribution in [2.75, 3.05) is 6.54 Å². The lowest BCUT2D eigenvalue weighted by molar-refractivity contribution is -0.129. The number of pyridine rings is 1. The highest BCUT2D eigenvalue weighted by Crippen LogP contribution is 2.20. The van der Waals surface area contributed by atoms with E-state index in [2.05, 4.69) is 15.5 Å². The molecule has 23 heavy (non-hydrogen) atoms. The van der Waals surface area contributed by atoms with Crippen molar-refractivity contribution >= 4 is 18.0 Å². The lowest BCUT2D eigenvalue weighted by atomic mass is 10.1. The molecule has 1 atom stereocenters. The predicted octanol–water partition coefficient (Wildman–Crippen LogP) is 1.17. The molecule has 0 radical (unpaired) electrons. The highest BCUT2D eigenvalue weighted by atomic mass is 16.3. The summed E-state index contributed by atoms with van der Waals surface area (Å²) in [7, 11) is 0. The number of hydrogen-bond donors (Lipinski definition) is 1. The van der Waals surface area contributed by atoms with Crippen LogP contribution in [0.2, 0.25) is 0 Å². The Labute approximate surface area is 133 Å². The molecule has 7 nitrogen and oxygen atoms in total. The minimum absolute atomic E-state index is 0.0576. The first-order chi connectivity index (χ1) is 11.2. The maximum atomic E-state index is 12.1. The quantitative estimate of drug-likeness (QED) is 0.663. The Morgan fingerprint density at radius 3 is 3.13 bits per heavy atom. The van der Waals surface area contributed by atoms with Crippen molar-refractivity contribution in [1.29, 1.82) is 0 Å². The van der Waals surface area contributed by atoms with E-state index in [1.807, 2.05) is 6.07 Å². The number of hydrogen-bond acceptors (Lipinski definition) is 5. The van der Waals surface area contributed by atoms with E-state index < -0.39 is 5.92 Å². The molecule has 1 N–H and O–H groups in total. The number of hydrazone groups is 1. The minimum Gasteiger partial charge on any atom is -0.467 e. The fourth-order valence-corrected chi connectivity index (χ4v) is 2.41. The highest BCUT2D eigenvalue weighted by molar-refractivity contribution is 5.89. The average Bonchev–Trinajstić information content (AvgIpc) is 3.19. The molecular weight excluding hydrogens is 296 g/mol. The maximum Gasteiger partial charge on any atom is 0.245 e. The van der Waals surface area contributed by atoms with Crippen LogP contribution in [0.1, 0.15) is 17.7 Å². The van der Waals surface area contributed by atoms with E-state index in [1.54, 1.807) is 41.8 Å². The van der Waals surface area contributed by atoms with Gasteiger partial charge >= 0.3 is 0 Å². The Hall–Kier alpha value is -2.96. The Balaban J connectivity index is 1.52. The van der Waals surface area contributed by atoms with Crippen LogP contribution in [0.5, 0.6) is 0 Å². The molecule has 3 heterocycles. The summed E-state index contributed by atoms with van der Waals surface area (Å²) in [6.45, 7) is 0.752. The van der Waals surface area contributed by atoms with Crippen molar-refractivity contribution in [1.82, 2.24) is 15.3 Å². The van der Waals surface area contributed by atoms with Crippen molar-refractivity contribution in [2.45, 2.75) is 13.0 Å². The molecular formula is C16H16N4O3. The maximum absolute atomic E-state index is 12.1. The monoisotopic (exact) mass is 312 g/mol. The summed E-state index contributed by atoms with van der Waals surface area (Å²) in [5.74, 6) is -0.0178. The molecule has 0 saturated carbocycles. The summed E-state index contributed by atoms with van der Waals surface area (Å²) in [6, 6.07) is 7.18. The molecule has 0 aromatic carbocycles. The summed E-state index contributed by atoms with van der Waals surface area (Å²) >= 11 is 0. The molecule has 2 aromatic heterocycles. The molecule has 118 valence electrons. The van der Waals surface area contributed by atoms with Gasteiger partial charge in [-0.25, -0.2) is 5.43 Å². The Kier molecular flexibility index (Phi) is 4.46. The second-order valence-corrected chi connectivity index (χ2v) is 5.28. The molecule has 7 heteroatoms. The molecule has 2 aromatic rings. The fraction of sp³-hybridized carbons (Fsp3) is 0.250. The van der Waals surface area contributed by atoms with Crippen LogP contribution in [0, 0.1) is 5.92 Å². The smallest absolute Gasteiger partial charge is 0.245 e. The molecule has 3 rings (SSSR count). The average molecular weight is 312 g/mol. The summed E-state index contributed by atoms with van der Waals surface area (Å²) in [5, 5.41) is 3.90. The first kappa shape index (κ1) is 15.0. The normalized spacial score (nSPS) is 17.8. The molecule has 2 amide bonds. The molecule has 1 unspecified atom stereocenters. The van der Waals surface area contributed by atoms with Crippen LogP contribution in [0.25, 0.3) is 0 Å². The number of nitrogens with one attached hydrogen (secondary N) is 1. The number of carbonyl (C=O) groups excluding carboxylic acids is 2. The van der Waals surface area contributed by atoms with Crippen molar-refractivity contribution < 1.29 is 14.0 Å². The zero-order valence-electron chi connectivity index (χ0n) is 12.4. The summed E-state index contributed by atoms with van der Waals surface area (Å²) in [4.78, 5) is 29.6.